The molecule has 13 nitrogen and oxygen atoms in total. The minimum absolute atomic E-state index is 0.178. The van der Waals surface area contributed by atoms with Crippen molar-refractivity contribution in [1.29, 1.82) is 0 Å². The van der Waals surface area contributed by atoms with Crippen LogP contribution in [0.5, 0.6) is 5.75 Å². The summed E-state index contributed by atoms with van der Waals surface area (Å²) in [5.41, 5.74) is 1.03. The molecule has 0 saturated carbocycles. The fourth-order valence-electron chi connectivity index (χ4n) is 5.01. The third-order valence-corrected chi connectivity index (χ3v) is 7.65. The lowest BCUT2D eigenvalue weighted by Gasteiger charge is -2.22. The smallest absolute Gasteiger partial charge is 0.411 e. The lowest BCUT2D eigenvalue weighted by molar-refractivity contribution is -0.122. The van der Waals surface area contributed by atoms with Crippen molar-refractivity contribution in [2.24, 2.45) is 5.92 Å². The SMILES string of the molecule is COC(=O)Nc1cnc(-c2ccccc2)n(CC(=O)N[C@H](C(=O)c2nnc(C(C)(C)c3ccc4c(c3)CCO4)o2)C(C)C)c1=O. The van der Waals surface area contributed by atoms with Crippen LogP contribution in [0.4, 0.5) is 10.5 Å². The highest BCUT2D eigenvalue weighted by Crippen LogP contribution is 2.35. The molecule has 2 N–H and O–H groups in total. The summed E-state index contributed by atoms with van der Waals surface area (Å²) in [6.45, 7) is 7.52. The molecule has 3 heterocycles. The summed E-state index contributed by atoms with van der Waals surface area (Å²) >= 11 is 0. The van der Waals surface area contributed by atoms with Gasteiger partial charge in [0.05, 0.1) is 31.4 Å². The molecule has 0 fully saturated rings. The van der Waals surface area contributed by atoms with E-state index >= 15 is 0 Å². The Morgan fingerprint density at radius 3 is 2.56 bits per heavy atom. The number of ketones is 1. The summed E-state index contributed by atoms with van der Waals surface area (Å²) in [6, 6.07) is 13.6. The van der Waals surface area contributed by atoms with Crippen LogP contribution in [0.1, 0.15) is 55.4 Å². The van der Waals surface area contributed by atoms with Gasteiger partial charge in [0.2, 0.25) is 17.6 Å². The number of amides is 2. The maximum Gasteiger partial charge on any atom is 0.411 e. The minimum Gasteiger partial charge on any atom is -0.493 e. The highest BCUT2D eigenvalue weighted by molar-refractivity contribution is 5.98. The van der Waals surface area contributed by atoms with Gasteiger partial charge in [-0.05, 0) is 37.0 Å². The zero-order valence-corrected chi connectivity index (χ0v) is 25.6. The van der Waals surface area contributed by atoms with Crippen molar-refractivity contribution < 1.29 is 28.3 Å². The number of carbonyl (C=O) groups excluding carboxylic acids is 3. The third-order valence-electron chi connectivity index (χ3n) is 7.65. The largest absolute Gasteiger partial charge is 0.493 e. The normalized spacial score (nSPS) is 13.1. The Balaban J connectivity index is 1.38. The van der Waals surface area contributed by atoms with Crippen LogP contribution in [0.15, 0.2) is 63.9 Å². The third kappa shape index (κ3) is 6.47. The van der Waals surface area contributed by atoms with Crippen LogP contribution in [0.25, 0.3) is 11.4 Å². The van der Waals surface area contributed by atoms with E-state index in [0.29, 0.717) is 12.2 Å². The Hall–Kier alpha value is -5.33. The van der Waals surface area contributed by atoms with Crippen LogP contribution in [-0.4, -0.2) is 57.3 Å². The van der Waals surface area contributed by atoms with E-state index in [9.17, 15) is 19.2 Å². The Kier molecular flexibility index (Phi) is 8.80. The van der Waals surface area contributed by atoms with Gasteiger partial charge in [0.25, 0.3) is 11.4 Å². The number of hydrogen-bond donors (Lipinski definition) is 2. The highest BCUT2D eigenvalue weighted by atomic mass is 16.5. The standard InChI is InChI=1S/C32H34N6O7/c1-18(2)25(26(40)28-36-37-30(45-28)32(3,4)21-11-12-23-20(15-21)13-14-44-23)35-24(39)17-38-27(19-9-7-6-8-10-19)33-16-22(29(38)41)34-31(42)43-5/h6-12,15-16,18,25H,13-14,17H2,1-5H3,(H,34,42)(H,35,39)/t25-/m0/s1. The maximum atomic E-state index is 13.6. The number of methoxy groups -OCH3 is 1. The number of hydrogen-bond acceptors (Lipinski definition) is 10. The molecule has 0 unspecified atom stereocenters. The van der Waals surface area contributed by atoms with Crippen LogP contribution in [-0.2, 0) is 27.9 Å². The second-order valence-electron chi connectivity index (χ2n) is 11.5. The van der Waals surface area contributed by atoms with Gasteiger partial charge in [0, 0.05) is 12.0 Å². The molecule has 2 amide bonds. The number of aromatic nitrogens is 4. The quantitative estimate of drug-likeness (QED) is 0.251. The molecule has 45 heavy (non-hydrogen) atoms. The molecule has 1 aliphatic rings. The van der Waals surface area contributed by atoms with Crippen LogP contribution in [0.2, 0.25) is 0 Å². The zero-order chi connectivity index (χ0) is 32.3. The first-order valence-corrected chi connectivity index (χ1v) is 14.4. The summed E-state index contributed by atoms with van der Waals surface area (Å²) in [4.78, 5) is 56.5. The van der Waals surface area contributed by atoms with E-state index < -0.39 is 41.3 Å². The van der Waals surface area contributed by atoms with Gasteiger partial charge in [-0.1, -0.05) is 56.3 Å². The Bertz CT molecular complexity index is 1800. The lowest BCUT2D eigenvalue weighted by Crippen LogP contribution is -2.46. The molecule has 0 aliphatic carbocycles. The van der Waals surface area contributed by atoms with Gasteiger partial charge in [-0.2, -0.15) is 0 Å². The number of benzene rings is 2. The van der Waals surface area contributed by atoms with Gasteiger partial charge < -0.3 is 19.2 Å². The van der Waals surface area contributed by atoms with Gasteiger partial charge in [0.1, 0.15) is 23.8 Å². The van der Waals surface area contributed by atoms with Crippen molar-refractivity contribution in [2.45, 2.75) is 52.1 Å². The number of nitrogens with one attached hydrogen (secondary N) is 2. The van der Waals surface area contributed by atoms with Gasteiger partial charge in [-0.15, -0.1) is 10.2 Å². The van der Waals surface area contributed by atoms with Crippen molar-refractivity contribution >= 4 is 23.5 Å². The molecule has 0 spiro atoms. The van der Waals surface area contributed by atoms with E-state index in [1.807, 2.05) is 32.0 Å². The second-order valence-corrected chi connectivity index (χ2v) is 11.5. The van der Waals surface area contributed by atoms with Gasteiger partial charge in [-0.25, -0.2) is 9.78 Å². The molecule has 0 bridgehead atoms. The fourth-order valence-corrected chi connectivity index (χ4v) is 5.01. The molecular weight excluding hydrogens is 580 g/mol. The summed E-state index contributed by atoms with van der Waals surface area (Å²) < 4.78 is 17.2. The molecule has 4 aromatic rings. The summed E-state index contributed by atoms with van der Waals surface area (Å²) in [7, 11) is 1.16. The van der Waals surface area contributed by atoms with Crippen LogP contribution >= 0.6 is 0 Å². The predicted octanol–water partition coefficient (Wildman–Crippen LogP) is 3.76. The van der Waals surface area contributed by atoms with Crippen LogP contribution in [0, 0.1) is 5.92 Å². The molecule has 234 valence electrons. The van der Waals surface area contributed by atoms with E-state index in [2.05, 4.69) is 30.6 Å². The van der Waals surface area contributed by atoms with Crippen LogP contribution < -0.4 is 20.9 Å². The van der Waals surface area contributed by atoms with E-state index in [4.69, 9.17) is 9.15 Å². The van der Waals surface area contributed by atoms with E-state index in [1.165, 1.54) is 6.20 Å². The fraction of sp³-hybridized carbons (Fsp3) is 0.344. The first-order chi connectivity index (χ1) is 21.5. The number of ether oxygens (including phenoxy) is 2. The van der Waals surface area contributed by atoms with Gasteiger partial charge >= 0.3 is 6.09 Å². The molecule has 0 radical (unpaired) electrons. The lowest BCUT2D eigenvalue weighted by atomic mass is 9.83. The first kappa shape index (κ1) is 31.1. The van der Waals surface area contributed by atoms with Gasteiger partial charge in [-0.3, -0.25) is 24.3 Å². The monoisotopic (exact) mass is 614 g/mol. The number of anilines is 1. The topological polar surface area (TPSA) is 168 Å². The number of rotatable bonds is 10. The average molecular weight is 615 g/mol. The molecule has 2 aromatic carbocycles. The van der Waals surface area contributed by atoms with Crippen molar-refractivity contribution in [3.63, 3.8) is 0 Å². The number of fused-ring (bicyclic) bond motifs is 1. The van der Waals surface area contributed by atoms with Crippen molar-refractivity contribution in [2.75, 3.05) is 19.0 Å². The predicted molar refractivity (Wildman–Crippen MR) is 163 cm³/mol. The zero-order valence-electron chi connectivity index (χ0n) is 25.6. The first-order valence-electron chi connectivity index (χ1n) is 14.4. The molecular formula is C32H34N6O7. The van der Waals surface area contributed by atoms with Crippen molar-refractivity contribution in [3.8, 4) is 17.1 Å². The Morgan fingerprint density at radius 1 is 1.09 bits per heavy atom. The molecule has 13 heteroatoms. The second kappa shape index (κ2) is 12.7. The van der Waals surface area contributed by atoms with E-state index in [-0.39, 0.29) is 29.2 Å². The number of Topliss-reactive ketones (excluding diaryl/α,β-unsaturated/α-hetero) is 1. The molecule has 5 rings (SSSR count). The number of nitrogens with zero attached hydrogens (tertiary/aromatic N) is 4. The maximum absolute atomic E-state index is 13.6. The molecule has 1 aliphatic heterocycles. The Labute approximate surface area is 259 Å². The van der Waals surface area contributed by atoms with E-state index in [1.54, 1.807) is 44.2 Å². The molecule has 0 saturated heterocycles. The summed E-state index contributed by atoms with van der Waals surface area (Å²) in [5, 5.41) is 13.2. The summed E-state index contributed by atoms with van der Waals surface area (Å²) in [6.07, 6.45) is 1.14. The minimum atomic E-state index is -1.04. The number of carbonyl (C=O) groups is 3. The van der Waals surface area contributed by atoms with Crippen molar-refractivity contribution in [3.05, 3.63) is 88.0 Å². The average Bonchev–Trinajstić information content (AvgIpc) is 3.72. The van der Waals surface area contributed by atoms with Crippen molar-refractivity contribution in [1.82, 2.24) is 25.1 Å². The molecule has 2 aromatic heterocycles. The molecule has 1 atom stereocenters. The van der Waals surface area contributed by atoms with E-state index in [0.717, 1.165) is 35.0 Å². The highest BCUT2D eigenvalue weighted by Gasteiger charge is 2.35. The Morgan fingerprint density at radius 2 is 1.84 bits per heavy atom. The summed E-state index contributed by atoms with van der Waals surface area (Å²) in [5.74, 6) is -0.512. The van der Waals surface area contributed by atoms with Crippen LogP contribution in [0.3, 0.4) is 0 Å². The van der Waals surface area contributed by atoms with Gasteiger partial charge in [0.15, 0.2) is 0 Å².